The third-order valence-corrected chi connectivity index (χ3v) is 7.91. The minimum Gasteiger partial charge on any atom is -0.497 e. The number of ether oxygens (including phenoxy) is 1. The molecule has 0 aliphatic heterocycles. The number of rotatable bonds is 12. The molecule has 0 aromatic heterocycles. The molecule has 0 spiro atoms. The second kappa shape index (κ2) is 13.7. The zero-order chi connectivity index (χ0) is 29.4. The number of methoxy groups -OCH3 is 1. The summed E-state index contributed by atoms with van der Waals surface area (Å²) in [4.78, 5) is 29.2. The lowest BCUT2D eigenvalue weighted by Crippen LogP contribution is -2.54. The summed E-state index contributed by atoms with van der Waals surface area (Å²) in [7, 11) is -2.34. The molecule has 1 atom stereocenters. The van der Waals surface area contributed by atoms with Gasteiger partial charge in [0, 0.05) is 24.0 Å². The minimum absolute atomic E-state index is 0.0607. The zero-order valence-electron chi connectivity index (χ0n) is 23.4. The number of halogens is 1. The van der Waals surface area contributed by atoms with Gasteiger partial charge in [0.25, 0.3) is 0 Å². The standard InChI is InChI=1S/C30H36ClN3O5S/c1-21(2)32-30(36)28(18-23-11-7-6-8-12-23)33(19-24-13-9-14-25(17-24)39-4)29(35)20-34(40(5,37)38)27-16-10-15-26(31)22(27)3/h6-17,21,28H,18-20H2,1-5H3,(H,32,36)/t28-/m1/s1. The molecule has 10 heteroatoms. The van der Waals surface area contributed by atoms with Gasteiger partial charge in [0.2, 0.25) is 21.8 Å². The monoisotopic (exact) mass is 585 g/mol. The average molecular weight is 586 g/mol. The Morgan fingerprint density at radius 1 is 0.975 bits per heavy atom. The summed E-state index contributed by atoms with van der Waals surface area (Å²) in [5.74, 6) is -0.268. The number of nitrogens with zero attached hydrogens (tertiary/aromatic N) is 2. The van der Waals surface area contributed by atoms with Crippen LogP contribution in [0.1, 0.15) is 30.5 Å². The molecule has 8 nitrogen and oxygen atoms in total. The lowest BCUT2D eigenvalue weighted by atomic mass is 10.0. The van der Waals surface area contributed by atoms with Gasteiger partial charge in [-0.3, -0.25) is 13.9 Å². The molecule has 0 heterocycles. The van der Waals surface area contributed by atoms with Crippen LogP contribution in [0.2, 0.25) is 5.02 Å². The van der Waals surface area contributed by atoms with Crippen molar-refractivity contribution in [3.8, 4) is 5.75 Å². The Bertz CT molecular complexity index is 1430. The molecule has 214 valence electrons. The topological polar surface area (TPSA) is 96.0 Å². The van der Waals surface area contributed by atoms with E-state index in [2.05, 4.69) is 5.32 Å². The van der Waals surface area contributed by atoms with Gasteiger partial charge in [0.05, 0.1) is 19.1 Å². The van der Waals surface area contributed by atoms with E-state index in [0.717, 1.165) is 21.7 Å². The predicted molar refractivity (Wildman–Crippen MR) is 159 cm³/mol. The van der Waals surface area contributed by atoms with E-state index in [4.69, 9.17) is 16.3 Å². The van der Waals surface area contributed by atoms with Gasteiger partial charge in [0.1, 0.15) is 18.3 Å². The summed E-state index contributed by atoms with van der Waals surface area (Å²) in [6.07, 6.45) is 1.28. The van der Waals surface area contributed by atoms with E-state index in [0.29, 0.717) is 22.0 Å². The number of benzene rings is 3. The molecule has 3 aromatic rings. The van der Waals surface area contributed by atoms with E-state index in [-0.39, 0.29) is 24.9 Å². The van der Waals surface area contributed by atoms with Gasteiger partial charge in [-0.25, -0.2) is 8.42 Å². The lowest BCUT2D eigenvalue weighted by molar-refractivity contribution is -0.140. The van der Waals surface area contributed by atoms with E-state index in [1.807, 2.05) is 50.2 Å². The fourth-order valence-electron chi connectivity index (χ4n) is 4.36. The van der Waals surface area contributed by atoms with Crippen molar-refractivity contribution in [2.45, 2.75) is 45.8 Å². The Labute approximate surface area is 241 Å². The first-order valence-corrected chi connectivity index (χ1v) is 15.1. The van der Waals surface area contributed by atoms with Crippen LogP contribution < -0.4 is 14.4 Å². The summed E-state index contributed by atoms with van der Waals surface area (Å²) in [6, 6.07) is 20.4. The lowest BCUT2D eigenvalue weighted by Gasteiger charge is -2.34. The van der Waals surface area contributed by atoms with Gasteiger partial charge in [-0.2, -0.15) is 0 Å². The van der Waals surface area contributed by atoms with Crippen LogP contribution in [-0.2, 0) is 32.6 Å². The van der Waals surface area contributed by atoms with E-state index < -0.39 is 28.5 Å². The fourth-order valence-corrected chi connectivity index (χ4v) is 5.43. The van der Waals surface area contributed by atoms with Crippen LogP contribution in [-0.4, -0.2) is 57.1 Å². The summed E-state index contributed by atoms with van der Waals surface area (Å²) in [5.41, 5.74) is 2.42. The van der Waals surface area contributed by atoms with E-state index in [9.17, 15) is 18.0 Å². The third kappa shape index (κ3) is 8.22. The van der Waals surface area contributed by atoms with Crippen molar-refractivity contribution in [3.05, 3.63) is 94.5 Å². The molecule has 0 bridgehead atoms. The molecule has 0 fully saturated rings. The van der Waals surface area contributed by atoms with Crippen molar-refractivity contribution in [1.82, 2.24) is 10.2 Å². The maximum Gasteiger partial charge on any atom is 0.244 e. The van der Waals surface area contributed by atoms with Gasteiger partial charge in [-0.15, -0.1) is 0 Å². The minimum atomic E-state index is -3.89. The molecule has 0 aliphatic carbocycles. The Balaban J connectivity index is 2.10. The molecular formula is C30H36ClN3O5S. The van der Waals surface area contributed by atoms with E-state index in [1.165, 1.54) is 4.90 Å². The van der Waals surface area contributed by atoms with Gasteiger partial charge in [-0.05, 0) is 61.7 Å². The van der Waals surface area contributed by atoms with Crippen molar-refractivity contribution >= 4 is 39.1 Å². The Hall–Kier alpha value is -3.56. The van der Waals surface area contributed by atoms with Crippen molar-refractivity contribution in [2.75, 3.05) is 24.2 Å². The Kier molecular flexibility index (Phi) is 10.6. The second-order valence-corrected chi connectivity index (χ2v) is 12.2. The van der Waals surface area contributed by atoms with Gasteiger partial charge >= 0.3 is 0 Å². The second-order valence-electron chi connectivity index (χ2n) is 9.90. The molecule has 0 saturated carbocycles. The smallest absolute Gasteiger partial charge is 0.244 e. The number of carbonyl (C=O) groups is 2. The number of carbonyl (C=O) groups excluding carboxylic acids is 2. The molecule has 2 amide bonds. The number of anilines is 1. The van der Waals surface area contributed by atoms with Crippen molar-refractivity contribution in [3.63, 3.8) is 0 Å². The summed E-state index contributed by atoms with van der Waals surface area (Å²) < 4.78 is 32.3. The first-order valence-electron chi connectivity index (χ1n) is 12.9. The fraction of sp³-hybridized carbons (Fsp3) is 0.333. The van der Waals surface area contributed by atoms with Crippen LogP contribution in [0, 0.1) is 6.92 Å². The number of amides is 2. The molecule has 0 unspecified atom stereocenters. The maximum atomic E-state index is 14.1. The van der Waals surface area contributed by atoms with Crippen LogP contribution in [0.3, 0.4) is 0 Å². The van der Waals surface area contributed by atoms with Crippen molar-refractivity contribution in [2.24, 2.45) is 0 Å². The normalized spacial score (nSPS) is 12.1. The number of sulfonamides is 1. The molecule has 1 N–H and O–H groups in total. The van der Waals surface area contributed by atoms with Crippen LogP contribution in [0.25, 0.3) is 0 Å². The highest BCUT2D eigenvalue weighted by atomic mass is 35.5. The first kappa shape index (κ1) is 31.0. The molecule has 40 heavy (non-hydrogen) atoms. The first-order chi connectivity index (χ1) is 18.9. The van der Waals surface area contributed by atoms with Crippen LogP contribution >= 0.6 is 11.6 Å². The van der Waals surface area contributed by atoms with Crippen LogP contribution in [0.5, 0.6) is 5.75 Å². The maximum absolute atomic E-state index is 14.1. The molecule has 0 saturated heterocycles. The Morgan fingerprint density at radius 3 is 2.25 bits per heavy atom. The van der Waals surface area contributed by atoms with Gasteiger partial charge < -0.3 is 15.0 Å². The number of hydrogen-bond acceptors (Lipinski definition) is 5. The third-order valence-electron chi connectivity index (χ3n) is 6.38. The van der Waals surface area contributed by atoms with E-state index in [1.54, 1.807) is 50.4 Å². The van der Waals surface area contributed by atoms with Crippen molar-refractivity contribution in [1.29, 1.82) is 0 Å². The molecular weight excluding hydrogens is 550 g/mol. The quantitative estimate of drug-likeness (QED) is 0.335. The predicted octanol–water partition coefficient (Wildman–Crippen LogP) is 4.59. The number of nitrogens with one attached hydrogen (secondary N) is 1. The van der Waals surface area contributed by atoms with Crippen LogP contribution in [0.4, 0.5) is 5.69 Å². The summed E-state index contributed by atoms with van der Waals surface area (Å²) in [5, 5.41) is 3.31. The highest BCUT2D eigenvalue weighted by Gasteiger charge is 2.33. The van der Waals surface area contributed by atoms with Gasteiger partial charge in [0.15, 0.2) is 0 Å². The van der Waals surface area contributed by atoms with Gasteiger partial charge in [-0.1, -0.05) is 60.1 Å². The zero-order valence-corrected chi connectivity index (χ0v) is 25.0. The SMILES string of the molecule is COc1cccc(CN(C(=O)CN(c2cccc(Cl)c2C)S(C)(=O)=O)[C@H](Cc2ccccc2)C(=O)NC(C)C)c1. The average Bonchev–Trinajstić information content (AvgIpc) is 2.90. The van der Waals surface area contributed by atoms with Crippen LogP contribution in [0.15, 0.2) is 72.8 Å². The highest BCUT2D eigenvalue weighted by Crippen LogP contribution is 2.29. The molecule has 0 radical (unpaired) electrons. The summed E-state index contributed by atoms with van der Waals surface area (Å²) in [6.45, 7) is 4.94. The van der Waals surface area contributed by atoms with E-state index >= 15 is 0 Å². The Morgan fingerprint density at radius 2 is 1.62 bits per heavy atom. The molecule has 0 aliphatic rings. The van der Waals surface area contributed by atoms with Crippen molar-refractivity contribution < 1.29 is 22.7 Å². The highest BCUT2D eigenvalue weighted by molar-refractivity contribution is 7.92. The molecule has 3 aromatic carbocycles. The number of hydrogen-bond donors (Lipinski definition) is 1. The molecule has 3 rings (SSSR count). The summed E-state index contributed by atoms with van der Waals surface area (Å²) >= 11 is 6.29. The largest absolute Gasteiger partial charge is 0.497 e.